The SMILES string of the molecule is COc1c(F)cc([N+](=O)[O-])cc1CCON. The molecule has 0 unspecified atom stereocenters. The summed E-state index contributed by atoms with van der Waals surface area (Å²) in [6.45, 7) is 0.122. The van der Waals surface area contributed by atoms with Crippen LogP contribution in [0.25, 0.3) is 0 Å². The van der Waals surface area contributed by atoms with E-state index in [1.807, 2.05) is 0 Å². The van der Waals surface area contributed by atoms with E-state index in [4.69, 9.17) is 10.6 Å². The second kappa shape index (κ2) is 5.38. The molecule has 6 nitrogen and oxygen atoms in total. The van der Waals surface area contributed by atoms with Crippen LogP contribution in [0, 0.1) is 15.9 Å². The molecule has 0 heterocycles. The molecule has 7 heteroatoms. The van der Waals surface area contributed by atoms with E-state index in [-0.39, 0.29) is 24.5 Å². The molecule has 0 aliphatic rings. The molecule has 0 saturated heterocycles. The number of ether oxygens (including phenoxy) is 1. The Morgan fingerprint density at radius 3 is 2.75 bits per heavy atom. The van der Waals surface area contributed by atoms with Gasteiger partial charge in [-0.2, -0.15) is 0 Å². The maximum atomic E-state index is 13.4. The molecule has 1 aromatic rings. The molecule has 1 aromatic carbocycles. The molecule has 0 aromatic heterocycles. The molecule has 2 N–H and O–H groups in total. The lowest BCUT2D eigenvalue weighted by Gasteiger charge is -2.08. The molecule has 0 atom stereocenters. The summed E-state index contributed by atoms with van der Waals surface area (Å²) in [5, 5.41) is 10.5. The molecule has 0 aliphatic heterocycles. The quantitative estimate of drug-likeness (QED) is 0.606. The van der Waals surface area contributed by atoms with Crippen molar-refractivity contribution in [3.8, 4) is 5.75 Å². The van der Waals surface area contributed by atoms with Gasteiger partial charge in [-0.15, -0.1) is 0 Å². The number of nitrogens with zero attached hydrogens (tertiary/aromatic N) is 1. The third-order valence-electron chi connectivity index (χ3n) is 2.01. The minimum Gasteiger partial charge on any atom is -0.493 e. The lowest BCUT2D eigenvalue weighted by molar-refractivity contribution is -0.385. The van der Waals surface area contributed by atoms with Crippen LogP contribution in [0.4, 0.5) is 10.1 Å². The lowest BCUT2D eigenvalue weighted by atomic mass is 10.1. The fourth-order valence-electron chi connectivity index (χ4n) is 1.32. The normalized spacial score (nSPS) is 10.2. The van der Waals surface area contributed by atoms with Gasteiger partial charge in [0, 0.05) is 18.1 Å². The number of rotatable bonds is 5. The first kappa shape index (κ1) is 12.3. The number of nitrogens with two attached hydrogens (primary N) is 1. The van der Waals surface area contributed by atoms with Crippen molar-refractivity contribution in [3.05, 3.63) is 33.6 Å². The molecule has 0 radical (unpaired) electrons. The van der Waals surface area contributed by atoms with E-state index in [0.717, 1.165) is 6.07 Å². The zero-order valence-electron chi connectivity index (χ0n) is 8.60. The van der Waals surface area contributed by atoms with Gasteiger partial charge in [-0.25, -0.2) is 10.3 Å². The Balaban J connectivity index is 3.14. The maximum absolute atomic E-state index is 13.4. The van der Waals surface area contributed by atoms with Gasteiger partial charge in [-0.3, -0.25) is 10.1 Å². The van der Waals surface area contributed by atoms with Crippen LogP contribution in [0.1, 0.15) is 5.56 Å². The summed E-state index contributed by atoms with van der Waals surface area (Å²) in [5.41, 5.74) is 0.0185. The summed E-state index contributed by atoms with van der Waals surface area (Å²) in [7, 11) is 1.29. The average molecular weight is 230 g/mol. The number of benzene rings is 1. The van der Waals surface area contributed by atoms with Crippen molar-refractivity contribution in [1.29, 1.82) is 0 Å². The summed E-state index contributed by atoms with van der Waals surface area (Å²) in [5.74, 6) is 4.04. The number of nitro groups is 1. The van der Waals surface area contributed by atoms with E-state index < -0.39 is 10.7 Å². The van der Waals surface area contributed by atoms with E-state index >= 15 is 0 Å². The molecule has 0 saturated carbocycles. The van der Waals surface area contributed by atoms with Crippen molar-refractivity contribution in [2.24, 2.45) is 5.90 Å². The number of halogens is 1. The van der Waals surface area contributed by atoms with Crippen LogP contribution in [-0.2, 0) is 11.3 Å². The molecular weight excluding hydrogens is 219 g/mol. The first-order valence-electron chi connectivity index (χ1n) is 4.42. The summed E-state index contributed by atoms with van der Waals surface area (Å²) in [4.78, 5) is 14.2. The smallest absolute Gasteiger partial charge is 0.272 e. The molecule has 0 amide bonds. The van der Waals surface area contributed by atoms with E-state index in [0.29, 0.717) is 5.56 Å². The molecular formula is C9H11FN2O4. The maximum Gasteiger partial charge on any atom is 0.272 e. The van der Waals surface area contributed by atoms with Crippen molar-refractivity contribution >= 4 is 5.69 Å². The highest BCUT2D eigenvalue weighted by molar-refractivity contribution is 5.45. The zero-order valence-corrected chi connectivity index (χ0v) is 8.60. The minimum atomic E-state index is -0.774. The Morgan fingerprint density at radius 1 is 1.56 bits per heavy atom. The van der Waals surface area contributed by atoms with Crippen LogP contribution >= 0.6 is 0 Å². The lowest BCUT2D eigenvalue weighted by Crippen LogP contribution is -2.06. The van der Waals surface area contributed by atoms with E-state index in [9.17, 15) is 14.5 Å². The van der Waals surface area contributed by atoms with Crippen LogP contribution < -0.4 is 10.6 Å². The summed E-state index contributed by atoms with van der Waals surface area (Å²) < 4.78 is 18.2. The van der Waals surface area contributed by atoms with Crippen molar-refractivity contribution in [2.75, 3.05) is 13.7 Å². The van der Waals surface area contributed by atoms with Gasteiger partial charge in [0.15, 0.2) is 11.6 Å². The van der Waals surface area contributed by atoms with Crippen LogP contribution in [-0.4, -0.2) is 18.6 Å². The number of methoxy groups -OCH3 is 1. The fraction of sp³-hybridized carbons (Fsp3) is 0.333. The summed E-state index contributed by atoms with van der Waals surface area (Å²) >= 11 is 0. The minimum absolute atomic E-state index is 0.0253. The Kier molecular flexibility index (Phi) is 4.15. The number of hydrogen-bond donors (Lipinski definition) is 1. The van der Waals surface area contributed by atoms with Crippen molar-refractivity contribution in [1.82, 2.24) is 0 Å². The van der Waals surface area contributed by atoms with Gasteiger partial charge in [0.25, 0.3) is 5.69 Å². The number of hydrogen-bond acceptors (Lipinski definition) is 5. The van der Waals surface area contributed by atoms with Crippen LogP contribution in [0.3, 0.4) is 0 Å². The first-order chi connectivity index (χ1) is 7.60. The van der Waals surface area contributed by atoms with Gasteiger partial charge in [-0.1, -0.05) is 0 Å². The molecule has 0 aliphatic carbocycles. The van der Waals surface area contributed by atoms with E-state index in [1.54, 1.807) is 0 Å². The Morgan fingerprint density at radius 2 is 2.25 bits per heavy atom. The average Bonchev–Trinajstić information content (AvgIpc) is 2.25. The van der Waals surface area contributed by atoms with Crippen molar-refractivity contribution < 1.29 is 18.9 Å². The Hall–Kier alpha value is -1.73. The molecule has 88 valence electrons. The fourth-order valence-corrected chi connectivity index (χ4v) is 1.32. The predicted octanol–water partition coefficient (Wildman–Crippen LogP) is 1.18. The molecule has 1 rings (SSSR count). The zero-order chi connectivity index (χ0) is 12.1. The van der Waals surface area contributed by atoms with Crippen LogP contribution in [0.2, 0.25) is 0 Å². The number of nitro benzene ring substituents is 1. The second-order valence-electron chi connectivity index (χ2n) is 3.00. The van der Waals surface area contributed by atoms with Gasteiger partial charge < -0.3 is 9.57 Å². The third kappa shape index (κ3) is 2.65. The molecule has 0 spiro atoms. The van der Waals surface area contributed by atoms with Gasteiger partial charge >= 0.3 is 0 Å². The molecule has 0 fully saturated rings. The Labute approximate surface area is 90.9 Å². The van der Waals surface area contributed by atoms with Crippen molar-refractivity contribution in [2.45, 2.75) is 6.42 Å². The van der Waals surface area contributed by atoms with Gasteiger partial charge in [0.1, 0.15) is 0 Å². The number of non-ortho nitro benzene ring substituents is 1. The van der Waals surface area contributed by atoms with Crippen molar-refractivity contribution in [3.63, 3.8) is 0 Å². The topological polar surface area (TPSA) is 87.6 Å². The second-order valence-corrected chi connectivity index (χ2v) is 3.00. The standard InChI is InChI=1S/C9H11FN2O4/c1-15-9-6(2-3-16-11)4-7(12(13)14)5-8(9)10/h4-5H,2-3,11H2,1H3. The molecule has 16 heavy (non-hydrogen) atoms. The molecule has 0 bridgehead atoms. The highest BCUT2D eigenvalue weighted by Gasteiger charge is 2.17. The third-order valence-corrected chi connectivity index (χ3v) is 2.01. The van der Waals surface area contributed by atoms with Crippen LogP contribution in [0.5, 0.6) is 5.75 Å². The van der Waals surface area contributed by atoms with E-state index in [1.165, 1.54) is 13.2 Å². The summed E-state index contributed by atoms with van der Waals surface area (Å²) in [6, 6.07) is 2.05. The monoisotopic (exact) mass is 230 g/mol. The van der Waals surface area contributed by atoms with Gasteiger partial charge in [0.2, 0.25) is 0 Å². The van der Waals surface area contributed by atoms with Gasteiger partial charge in [0.05, 0.1) is 24.7 Å². The highest BCUT2D eigenvalue weighted by Crippen LogP contribution is 2.28. The first-order valence-corrected chi connectivity index (χ1v) is 4.42. The van der Waals surface area contributed by atoms with Crippen LogP contribution in [0.15, 0.2) is 12.1 Å². The van der Waals surface area contributed by atoms with E-state index in [2.05, 4.69) is 4.84 Å². The Bertz CT molecular complexity index is 397. The highest BCUT2D eigenvalue weighted by atomic mass is 19.1. The summed E-state index contributed by atoms with van der Waals surface area (Å²) in [6.07, 6.45) is 0.234. The van der Waals surface area contributed by atoms with Gasteiger partial charge in [-0.05, 0) is 0 Å². The predicted molar refractivity (Wildman–Crippen MR) is 53.4 cm³/mol. The largest absolute Gasteiger partial charge is 0.493 e.